The molecular weight excluding hydrogens is 299 g/mol. The minimum atomic E-state index is -4.72. The van der Waals surface area contributed by atoms with E-state index in [1.807, 2.05) is 0 Å². The number of H-pyrrole nitrogens is 1. The highest BCUT2D eigenvalue weighted by molar-refractivity contribution is 5.76. The van der Waals surface area contributed by atoms with E-state index in [-0.39, 0.29) is 11.6 Å². The maximum absolute atomic E-state index is 12.3. The lowest BCUT2D eigenvalue weighted by Gasteiger charge is -2.10. The Labute approximate surface area is 122 Å². The van der Waals surface area contributed by atoms with Gasteiger partial charge in [-0.3, -0.25) is 0 Å². The van der Waals surface area contributed by atoms with Crippen molar-refractivity contribution in [3.05, 3.63) is 41.5 Å². The van der Waals surface area contributed by atoms with E-state index in [9.17, 15) is 13.2 Å². The number of ether oxygens (including phenoxy) is 1. The van der Waals surface area contributed by atoms with Crippen LogP contribution in [0.3, 0.4) is 0 Å². The third-order valence-electron chi connectivity index (χ3n) is 2.92. The summed E-state index contributed by atoms with van der Waals surface area (Å²) in [4.78, 5) is 4.00. The van der Waals surface area contributed by atoms with Gasteiger partial charge in [0.05, 0.1) is 0 Å². The number of benzene rings is 1. The molecule has 6 nitrogen and oxygen atoms in total. The maximum Gasteiger partial charge on any atom is 0.573 e. The second-order valence-electron chi connectivity index (χ2n) is 4.57. The van der Waals surface area contributed by atoms with Crippen LogP contribution < -0.4 is 10.5 Å². The largest absolute Gasteiger partial charge is 0.573 e. The van der Waals surface area contributed by atoms with Crippen molar-refractivity contribution in [2.24, 2.45) is 0 Å². The number of hydrogen-bond acceptors (Lipinski definition) is 5. The van der Waals surface area contributed by atoms with Crippen molar-refractivity contribution in [3.63, 3.8) is 0 Å². The van der Waals surface area contributed by atoms with Crippen LogP contribution in [0.5, 0.6) is 5.75 Å². The van der Waals surface area contributed by atoms with Crippen molar-refractivity contribution in [1.82, 2.24) is 20.4 Å². The number of halogens is 3. The molecule has 0 saturated carbocycles. The fraction of sp³-hybridized carbons (Fsp3) is 0.154. The molecule has 9 heteroatoms. The number of hydrogen-bond donors (Lipinski definition) is 2. The number of pyridine rings is 1. The second-order valence-corrected chi connectivity index (χ2v) is 4.57. The lowest BCUT2D eigenvalue weighted by Crippen LogP contribution is -2.17. The molecule has 114 valence electrons. The Balaban J connectivity index is 1.92. The molecule has 0 fully saturated rings. The van der Waals surface area contributed by atoms with E-state index in [4.69, 9.17) is 5.73 Å². The third kappa shape index (κ3) is 3.08. The van der Waals surface area contributed by atoms with Crippen LogP contribution in [0.15, 0.2) is 30.3 Å². The zero-order chi connectivity index (χ0) is 15.7. The minimum absolute atomic E-state index is 0.263. The molecule has 0 radical (unpaired) electrons. The van der Waals surface area contributed by atoms with E-state index in [1.165, 1.54) is 18.2 Å². The summed E-state index contributed by atoms with van der Waals surface area (Å²) < 4.78 is 40.7. The van der Waals surface area contributed by atoms with Gasteiger partial charge in [0.2, 0.25) is 5.65 Å². The molecule has 1 aromatic carbocycles. The van der Waals surface area contributed by atoms with Crippen LogP contribution in [0.2, 0.25) is 0 Å². The monoisotopic (exact) mass is 309 g/mol. The smallest absolute Gasteiger partial charge is 0.406 e. The first kappa shape index (κ1) is 14.1. The van der Waals surface area contributed by atoms with E-state index in [2.05, 4.69) is 25.1 Å². The Bertz CT molecular complexity index is 815. The topological polar surface area (TPSA) is 89.7 Å². The van der Waals surface area contributed by atoms with Crippen LogP contribution in [0.25, 0.3) is 11.2 Å². The molecule has 3 aromatic rings. The van der Waals surface area contributed by atoms with E-state index >= 15 is 0 Å². The lowest BCUT2D eigenvalue weighted by atomic mass is 10.0. The van der Waals surface area contributed by atoms with Gasteiger partial charge >= 0.3 is 6.36 Å². The summed E-state index contributed by atoms with van der Waals surface area (Å²) in [6, 6.07) is 7.34. The molecule has 0 aliphatic rings. The van der Waals surface area contributed by atoms with Crippen LogP contribution in [0.4, 0.5) is 19.0 Å². The van der Waals surface area contributed by atoms with Gasteiger partial charge in [0.1, 0.15) is 17.1 Å². The summed E-state index contributed by atoms with van der Waals surface area (Å²) in [6.07, 6.45) is -4.40. The number of nitrogens with zero attached hydrogens (tertiary/aromatic N) is 3. The number of aromatic nitrogens is 4. The molecule has 3 rings (SSSR count). The Kier molecular flexibility index (Phi) is 3.32. The maximum atomic E-state index is 12.3. The number of fused-ring (bicyclic) bond motifs is 1. The Morgan fingerprint density at radius 2 is 2.00 bits per heavy atom. The van der Waals surface area contributed by atoms with Gasteiger partial charge in [0.25, 0.3) is 0 Å². The molecule has 0 saturated heterocycles. The molecule has 3 N–H and O–H groups in total. The van der Waals surface area contributed by atoms with Gasteiger partial charge in [-0.25, -0.2) is 4.98 Å². The van der Waals surface area contributed by atoms with Crippen LogP contribution in [0, 0.1) is 0 Å². The number of nitrogen functional groups attached to an aromatic ring is 1. The molecule has 0 atom stereocenters. The summed E-state index contributed by atoms with van der Waals surface area (Å²) in [5, 5.41) is 10.3. The number of alkyl halides is 3. The highest BCUT2D eigenvalue weighted by atomic mass is 19.4. The van der Waals surface area contributed by atoms with Gasteiger partial charge in [-0.05, 0) is 29.3 Å². The van der Waals surface area contributed by atoms with Crippen LogP contribution >= 0.6 is 0 Å². The molecule has 2 aromatic heterocycles. The summed E-state index contributed by atoms with van der Waals surface area (Å²) in [6.45, 7) is 0. The van der Waals surface area contributed by atoms with E-state index in [0.29, 0.717) is 28.7 Å². The second kappa shape index (κ2) is 5.17. The highest BCUT2D eigenvalue weighted by Gasteiger charge is 2.31. The predicted molar refractivity (Wildman–Crippen MR) is 72.0 cm³/mol. The number of nitrogens with two attached hydrogens (primary N) is 1. The molecule has 0 bridgehead atoms. The van der Waals surface area contributed by atoms with Crippen LogP contribution in [-0.4, -0.2) is 26.8 Å². The number of aromatic amines is 1. The summed E-state index contributed by atoms with van der Waals surface area (Å²) in [5.74, 6) is -0.0116. The van der Waals surface area contributed by atoms with Crippen molar-refractivity contribution >= 4 is 17.0 Å². The molecule has 0 aliphatic carbocycles. The quantitative estimate of drug-likeness (QED) is 0.775. The van der Waals surface area contributed by atoms with E-state index in [1.54, 1.807) is 12.1 Å². The molecule has 22 heavy (non-hydrogen) atoms. The zero-order valence-corrected chi connectivity index (χ0v) is 11.1. The first-order valence-electron chi connectivity index (χ1n) is 6.21. The number of anilines is 1. The summed E-state index contributed by atoms with van der Waals surface area (Å²) in [5.41, 5.74) is 7.90. The van der Waals surface area contributed by atoms with Gasteiger partial charge in [-0.1, -0.05) is 12.1 Å². The number of rotatable bonds is 3. The van der Waals surface area contributed by atoms with Crippen molar-refractivity contribution < 1.29 is 17.9 Å². The minimum Gasteiger partial charge on any atom is -0.406 e. The Morgan fingerprint density at radius 3 is 2.77 bits per heavy atom. The van der Waals surface area contributed by atoms with Gasteiger partial charge in [0.15, 0.2) is 0 Å². The van der Waals surface area contributed by atoms with E-state index in [0.717, 1.165) is 0 Å². The standard InChI is InChI=1S/C13H10F3N5O/c14-13(15,16)22-9-3-1-2-7(5-9)4-8-6-10(17)18-12-11(8)19-21-20-12/h1-3,5-6H,4H2,(H3,17,18,19,20,21). The van der Waals surface area contributed by atoms with Crippen molar-refractivity contribution in [2.45, 2.75) is 12.8 Å². The average Bonchev–Trinajstić information content (AvgIpc) is 2.85. The Hall–Kier alpha value is -2.84. The van der Waals surface area contributed by atoms with Crippen LogP contribution in [0.1, 0.15) is 11.1 Å². The lowest BCUT2D eigenvalue weighted by molar-refractivity contribution is -0.274. The van der Waals surface area contributed by atoms with Crippen molar-refractivity contribution in [1.29, 1.82) is 0 Å². The van der Waals surface area contributed by atoms with Crippen LogP contribution in [-0.2, 0) is 6.42 Å². The normalized spacial score (nSPS) is 11.8. The van der Waals surface area contributed by atoms with Crippen molar-refractivity contribution in [2.75, 3.05) is 5.73 Å². The molecule has 2 heterocycles. The van der Waals surface area contributed by atoms with Crippen molar-refractivity contribution in [3.8, 4) is 5.75 Å². The van der Waals surface area contributed by atoms with Gasteiger partial charge in [-0.15, -0.1) is 18.3 Å². The molecule has 0 unspecified atom stereocenters. The fourth-order valence-electron chi connectivity index (χ4n) is 2.13. The van der Waals surface area contributed by atoms with Gasteiger partial charge in [0, 0.05) is 6.42 Å². The SMILES string of the molecule is Nc1cc(Cc2cccc(OC(F)(F)F)c2)c2n[nH]nc2n1. The first-order chi connectivity index (χ1) is 10.4. The summed E-state index contributed by atoms with van der Waals surface area (Å²) in [7, 11) is 0. The predicted octanol–water partition coefficient (Wildman–Crippen LogP) is 2.42. The average molecular weight is 309 g/mol. The molecule has 0 aliphatic heterocycles. The summed E-state index contributed by atoms with van der Waals surface area (Å²) >= 11 is 0. The third-order valence-corrected chi connectivity index (χ3v) is 2.92. The van der Waals surface area contributed by atoms with Gasteiger partial charge < -0.3 is 10.5 Å². The van der Waals surface area contributed by atoms with Gasteiger partial charge in [-0.2, -0.15) is 10.3 Å². The highest BCUT2D eigenvalue weighted by Crippen LogP contribution is 2.25. The molecule has 0 amide bonds. The first-order valence-corrected chi connectivity index (χ1v) is 6.21. The Morgan fingerprint density at radius 1 is 1.18 bits per heavy atom. The molecule has 0 spiro atoms. The number of nitrogens with one attached hydrogen (secondary N) is 1. The fourth-order valence-corrected chi connectivity index (χ4v) is 2.13. The zero-order valence-electron chi connectivity index (χ0n) is 11.1. The van der Waals surface area contributed by atoms with E-state index < -0.39 is 6.36 Å². The molecular formula is C13H10F3N5O.